The van der Waals surface area contributed by atoms with Crippen molar-refractivity contribution in [2.24, 2.45) is 5.10 Å². The summed E-state index contributed by atoms with van der Waals surface area (Å²) >= 11 is 5.37. The first-order valence-electron chi connectivity index (χ1n) is 11.7. The summed E-state index contributed by atoms with van der Waals surface area (Å²) in [5.74, 6) is -0.428. The van der Waals surface area contributed by atoms with Crippen LogP contribution < -0.4 is 15.5 Å². The van der Waals surface area contributed by atoms with Crippen molar-refractivity contribution in [2.75, 3.05) is 5.32 Å². The number of aromatic amines is 1. The third-order valence-electron chi connectivity index (χ3n) is 6.26. The van der Waals surface area contributed by atoms with Gasteiger partial charge in [0.15, 0.2) is 5.11 Å². The minimum Gasteiger partial charge on any atom is -0.406 e. The first kappa shape index (κ1) is 25.4. The van der Waals surface area contributed by atoms with Gasteiger partial charge < -0.3 is 15.0 Å². The van der Waals surface area contributed by atoms with Gasteiger partial charge in [-0.05, 0) is 67.0 Å². The lowest BCUT2D eigenvalue weighted by Gasteiger charge is -2.24. The van der Waals surface area contributed by atoms with Gasteiger partial charge in [0.05, 0.1) is 35.3 Å². The number of aromatic nitrogens is 3. The summed E-state index contributed by atoms with van der Waals surface area (Å²) in [6.07, 6.45) is -1.02. The maximum absolute atomic E-state index is 12.5. The molecule has 0 saturated carbocycles. The minimum atomic E-state index is -4.74. The quantitative estimate of drug-likeness (QED) is 0.165. The third kappa shape index (κ3) is 5.52. The van der Waals surface area contributed by atoms with Gasteiger partial charge in [-0.25, -0.2) is 4.98 Å². The number of alkyl halides is 3. The number of aryl methyl sites for hydroxylation is 2. The number of ether oxygens (including phenoxy) is 1. The van der Waals surface area contributed by atoms with Crippen LogP contribution in [-0.2, 0) is 6.42 Å². The average molecular weight is 537 g/mol. The number of H-pyrrole nitrogens is 1. The number of para-hydroxylation sites is 1. The van der Waals surface area contributed by atoms with E-state index in [4.69, 9.17) is 17.2 Å². The topological polar surface area (TPSA) is 87.2 Å². The van der Waals surface area contributed by atoms with Gasteiger partial charge in [0.25, 0.3) is 0 Å². The van der Waals surface area contributed by atoms with E-state index in [2.05, 4.69) is 30.5 Å². The Labute approximate surface area is 222 Å². The summed E-state index contributed by atoms with van der Waals surface area (Å²) in [5, 5.41) is 7.75. The average Bonchev–Trinajstić information content (AvgIpc) is 3.36. The van der Waals surface area contributed by atoms with E-state index < -0.39 is 6.36 Å². The monoisotopic (exact) mass is 536 g/mol. The van der Waals surface area contributed by atoms with Crippen LogP contribution in [0.2, 0.25) is 0 Å². The van der Waals surface area contributed by atoms with E-state index in [1.807, 2.05) is 44.2 Å². The van der Waals surface area contributed by atoms with E-state index in [0.717, 1.165) is 45.0 Å². The molecule has 0 spiro atoms. The molecule has 1 aliphatic carbocycles. The Balaban J connectivity index is 1.32. The van der Waals surface area contributed by atoms with Crippen molar-refractivity contribution in [2.45, 2.75) is 32.5 Å². The highest BCUT2D eigenvalue weighted by molar-refractivity contribution is 7.80. The number of anilines is 1. The van der Waals surface area contributed by atoms with Crippen molar-refractivity contribution in [1.29, 1.82) is 0 Å². The van der Waals surface area contributed by atoms with Crippen LogP contribution in [0.3, 0.4) is 0 Å². The number of rotatable bonds is 5. The molecule has 1 aliphatic rings. The molecule has 0 radical (unpaired) electrons. The SMILES string of the molecule is Cc1cccc(C)c1NC(=S)N/N=C/c1ccc2c(n1)CC(c1ccc(OC(F)(F)F)cc1)c1[nH]cnc1-2. The van der Waals surface area contributed by atoms with Crippen LogP contribution in [0, 0.1) is 13.8 Å². The fraction of sp³-hybridized carbons (Fsp3) is 0.185. The van der Waals surface area contributed by atoms with Gasteiger partial charge in [-0.1, -0.05) is 30.3 Å². The molecule has 3 N–H and O–H groups in total. The second-order valence-electron chi connectivity index (χ2n) is 8.86. The summed E-state index contributed by atoms with van der Waals surface area (Å²) in [6, 6.07) is 15.6. The van der Waals surface area contributed by atoms with E-state index in [1.165, 1.54) is 12.1 Å². The summed E-state index contributed by atoms with van der Waals surface area (Å²) in [7, 11) is 0. The first-order chi connectivity index (χ1) is 18.2. The third-order valence-corrected chi connectivity index (χ3v) is 6.46. The zero-order valence-corrected chi connectivity index (χ0v) is 21.2. The zero-order valence-electron chi connectivity index (χ0n) is 20.4. The minimum absolute atomic E-state index is 0.160. The number of hydrogen-bond donors (Lipinski definition) is 3. The highest BCUT2D eigenvalue weighted by Gasteiger charge is 2.32. The van der Waals surface area contributed by atoms with Crippen LogP contribution in [0.1, 0.15) is 39.7 Å². The fourth-order valence-electron chi connectivity index (χ4n) is 4.54. The molecule has 0 fully saturated rings. The highest BCUT2D eigenvalue weighted by Crippen LogP contribution is 2.40. The standard InChI is InChI=1S/C27H23F3N6OS/c1-15-4-3-5-16(2)23(15)35-26(38)36-33-13-18-8-11-20-22(34-18)12-21(25-24(20)31-14-32-25)17-6-9-19(10-7-17)37-27(28,29)30/h3-11,13-14,21H,12H2,1-2H3,(H,31,32)(H2,35,36,38)/b33-13+. The number of hydrazone groups is 1. The molecule has 0 bridgehead atoms. The Morgan fingerprint density at radius 3 is 2.55 bits per heavy atom. The highest BCUT2D eigenvalue weighted by atomic mass is 32.1. The van der Waals surface area contributed by atoms with Crippen LogP contribution >= 0.6 is 12.2 Å². The van der Waals surface area contributed by atoms with Gasteiger partial charge in [0, 0.05) is 23.6 Å². The maximum atomic E-state index is 12.5. The van der Waals surface area contributed by atoms with Crippen molar-refractivity contribution >= 4 is 29.2 Å². The van der Waals surface area contributed by atoms with E-state index in [0.29, 0.717) is 17.2 Å². The number of benzene rings is 2. The smallest absolute Gasteiger partial charge is 0.406 e. The molecule has 1 atom stereocenters. The predicted octanol–water partition coefficient (Wildman–Crippen LogP) is 6.00. The van der Waals surface area contributed by atoms with Gasteiger partial charge in [0.2, 0.25) is 0 Å². The number of nitrogens with one attached hydrogen (secondary N) is 3. The fourth-order valence-corrected chi connectivity index (χ4v) is 4.69. The largest absolute Gasteiger partial charge is 0.573 e. The summed E-state index contributed by atoms with van der Waals surface area (Å²) in [4.78, 5) is 12.4. The Bertz CT molecular complexity index is 1490. The van der Waals surface area contributed by atoms with Crippen molar-refractivity contribution in [3.63, 3.8) is 0 Å². The van der Waals surface area contributed by atoms with Gasteiger partial charge in [0.1, 0.15) is 5.75 Å². The van der Waals surface area contributed by atoms with Crippen molar-refractivity contribution < 1.29 is 17.9 Å². The molecular formula is C27H23F3N6OS. The van der Waals surface area contributed by atoms with Gasteiger partial charge in [-0.2, -0.15) is 5.10 Å². The number of thiocarbonyl (C=S) groups is 1. The molecule has 4 aromatic rings. The molecule has 5 rings (SSSR count). The van der Waals surface area contributed by atoms with Crippen LogP contribution in [-0.4, -0.2) is 32.6 Å². The Morgan fingerprint density at radius 1 is 1.11 bits per heavy atom. The first-order valence-corrected chi connectivity index (χ1v) is 12.1. The lowest BCUT2D eigenvalue weighted by Crippen LogP contribution is -2.24. The van der Waals surface area contributed by atoms with Crippen molar-refractivity contribution in [1.82, 2.24) is 20.4 Å². The van der Waals surface area contributed by atoms with Crippen molar-refractivity contribution in [3.8, 4) is 17.0 Å². The molecule has 0 saturated heterocycles. The molecule has 7 nitrogen and oxygen atoms in total. The molecule has 1 unspecified atom stereocenters. The van der Waals surface area contributed by atoms with Crippen LogP contribution in [0.4, 0.5) is 18.9 Å². The lowest BCUT2D eigenvalue weighted by atomic mass is 9.83. The van der Waals surface area contributed by atoms with Crippen LogP contribution in [0.15, 0.2) is 66.0 Å². The molecule has 2 aromatic heterocycles. The maximum Gasteiger partial charge on any atom is 0.573 e. The summed E-state index contributed by atoms with van der Waals surface area (Å²) < 4.78 is 41.6. The number of hydrogen-bond acceptors (Lipinski definition) is 5. The molecule has 0 aliphatic heterocycles. The van der Waals surface area contributed by atoms with E-state index in [1.54, 1.807) is 24.7 Å². The molecule has 0 amide bonds. The zero-order chi connectivity index (χ0) is 26.9. The van der Waals surface area contributed by atoms with Gasteiger partial charge in [-0.15, -0.1) is 13.2 Å². The second kappa shape index (κ2) is 10.3. The lowest BCUT2D eigenvalue weighted by molar-refractivity contribution is -0.274. The number of fused-ring (bicyclic) bond motifs is 3. The molecule has 11 heteroatoms. The van der Waals surface area contributed by atoms with Crippen LogP contribution in [0.5, 0.6) is 5.75 Å². The molecule has 2 aromatic carbocycles. The van der Waals surface area contributed by atoms with Crippen LogP contribution in [0.25, 0.3) is 11.3 Å². The number of nitrogens with zero attached hydrogens (tertiary/aromatic N) is 3. The number of pyridine rings is 1. The molecule has 194 valence electrons. The van der Waals surface area contributed by atoms with Crippen molar-refractivity contribution in [3.05, 3.63) is 94.7 Å². The predicted molar refractivity (Wildman–Crippen MR) is 143 cm³/mol. The summed E-state index contributed by atoms with van der Waals surface area (Å²) in [6.45, 7) is 4.00. The molecule has 38 heavy (non-hydrogen) atoms. The summed E-state index contributed by atoms with van der Waals surface area (Å²) in [5.41, 5.74) is 10.7. The second-order valence-corrected chi connectivity index (χ2v) is 9.27. The van der Waals surface area contributed by atoms with E-state index in [9.17, 15) is 13.2 Å². The Kier molecular flexibility index (Phi) is 6.85. The number of imidazole rings is 1. The van der Waals surface area contributed by atoms with Gasteiger partial charge in [-0.3, -0.25) is 10.4 Å². The number of halogens is 3. The molecular weight excluding hydrogens is 513 g/mol. The molecule has 2 heterocycles. The normalized spacial score (nSPS) is 14.6. The van der Waals surface area contributed by atoms with Gasteiger partial charge >= 0.3 is 6.36 Å². The Morgan fingerprint density at radius 2 is 1.84 bits per heavy atom. The van der Waals surface area contributed by atoms with E-state index >= 15 is 0 Å². The Hall–Kier alpha value is -4.25. The van der Waals surface area contributed by atoms with E-state index in [-0.39, 0.29) is 11.7 Å².